The second-order valence-electron chi connectivity index (χ2n) is 9.60. The van der Waals surface area contributed by atoms with Crippen molar-refractivity contribution in [3.05, 3.63) is 107 Å². The number of imidazole rings is 2. The molecule has 176 valence electrons. The maximum atomic E-state index is 12.8. The van der Waals surface area contributed by atoms with E-state index in [1.165, 1.54) is 0 Å². The highest BCUT2D eigenvalue weighted by atomic mass is 16.1. The molecule has 0 aliphatic carbocycles. The molecule has 2 N–H and O–H groups in total. The Balaban J connectivity index is 1.28. The van der Waals surface area contributed by atoms with Gasteiger partial charge >= 0.3 is 0 Å². The first-order valence-corrected chi connectivity index (χ1v) is 12.2. The number of aryl methyl sites for hydroxylation is 1. The summed E-state index contributed by atoms with van der Waals surface area (Å²) in [4.78, 5) is 29.2. The van der Waals surface area contributed by atoms with E-state index >= 15 is 0 Å². The predicted octanol–water partition coefficient (Wildman–Crippen LogP) is 7.44. The molecule has 0 saturated heterocycles. The number of carbonyl (C=O) groups is 1. The molecule has 2 aromatic heterocycles. The molecule has 0 aliphatic rings. The summed E-state index contributed by atoms with van der Waals surface area (Å²) >= 11 is 0. The number of benzene rings is 4. The minimum Gasteiger partial charge on any atom is -0.342 e. The van der Waals surface area contributed by atoms with Crippen molar-refractivity contribution in [1.29, 1.82) is 0 Å². The van der Waals surface area contributed by atoms with Crippen molar-refractivity contribution < 1.29 is 4.79 Å². The molecule has 0 unspecified atom stereocenters. The molecule has 5 nitrogen and oxygen atoms in total. The number of nitrogens with one attached hydrogen (secondary N) is 2. The Morgan fingerprint density at radius 1 is 0.667 bits per heavy atom. The number of hydrogen-bond acceptors (Lipinski definition) is 3. The maximum absolute atomic E-state index is 12.8. The van der Waals surface area contributed by atoms with Crippen LogP contribution in [0.25, 0.3) is 44.6 Å². The number of carbonyl (C=O) groups excluding carboxylic acids is 1. The summed E-state index contributed by atoms with van der Waals surface area (Å²) < 4.78 is 0. The van der Waals surface area contributed by atoms with Gasteiger partial charge in [-0.2, -0.15) is 0 Å². The average Bonchev–Trinajstić information content (AvgIpc) is 3.52. The van der Waals surface area contributed by atoms with Gasteiger partial charge in [0.25, 0.3) is 0 Å². The molecule has 36 heavy (non-hydrogen) atoms. The predicted molar refractivity (Wildman–Crippen MR) is 145 cm³/mol. The molecule has 6 aromatic rings. The van der Waals surface area contributed by atoms with Crippen LogP contribution in [0.1, 0.15) is 47.1 Å². The molecule has 0 bridgehead atoms. The summed E-state index contributed by atoms with van der Waals surface area (Å²) in [5.41, 5.74) is 9.54. The fourth-order valence-corrected chi connectivity index (χ4v) is 4.46. The lowest BCUT2D eigenvalue weighted by Crippen LogP contribution is -2.01. The first-order valence-electron chi connectivity index (χ1n) is 12.2. The lowest BCUT2D eigenvalue weighted by atomic mass is 10.0. The number of nitrogens with zero attached hydrogens (tertiary/aromatic N) is 2. The lowest BCUT2D eigenvalue weighted by Gasteiger charge is -2.03. The third-order valence-corrected chi connectivity index (χ3v) is 6.60. The first kappa shape index (κ1) is 22.0. The van der Waals surface area contributed by atoms with E-state index < -0.39 is 0 Å². The number of aromatic amines is 2. The Bertz CT molecular complexity index is 1720. The third-order valence-electron chi connectivity index (χ3n) is 6.60. The fourth-order valence-electron chi connectivity index (χ4n) is 4.46. The number of H-pyrrole nitrogens is 2. The Hall–Kier alpha value is -4.51. The van der Waals surface area contributed by atoms with Crippen molar-refractivity contribution >= 4 is 27.9 Å². The number of aromatic nitrogens is 4. The Morgan fingerprint density at radius 3 is 2.03 bits per heavy atom. The van der Waals surface area contributed by atoms with Crippen LogP contribution in [0.5, 0.6) is 0 Å². The van der Waals surface area contributed by atoms with Crippen LogP contribution >= 0.6 is 0 Å². The summed E-state index contributed by atoms with van der Waals surface area (Å²) in [6.07, 6.45) is 0. The van der Waals surface area contributed by atoms with Gasteiger partial charge in [0.05, 0.1) is 22.1 Å². The zero-order chi connectivity index (χ0) is 24.8. The van der Waals surface area contributed by atoms with E-state index in [1.807, 2.05) is 61.5 Å². The Labute approximate surface area is 209 Å². The van der Waals surface area contributed by atoms with E-state index in [-0.39, 0.29) is 5.78 Å². The quantitative estimate of drug-likeness (QED) is 0.257. The van der Waals surface area contributed by atoms with Crippen LogP contribution in [-0.2, 0) is 0 Å². The Kier molecular flexibility index (Phi) is 5.26. The molecule has 2 heterocycles. The van der Waals surface area contributed by atoms with Crippen molar-refractivity contribution in [1.82, 2.24) is 19.9 Å². The van der Waals surface area contributed by atoms with E-state index in [2.05, 4.69) is 54.1 Å². The van der Waals surface area contributed by atoms with Crippen molar-refractivity contribution in [3.8, 4) is 22.5 Å². The number of ketones is 1. The van der Waals surface area contributed by atoms with Gasteiger partial charge < -0.3 is 9.97 Å². The zero-order valence-corrected chi connectivity index (χ0v) is 20.5. The molecule has 0 amide bonds. The van der Waals surface area contributed by atoms with Gasteiger partial charge in [0.2, 0.25) is 0 Å². The normalized spacial score (nSPS) is 11.6. The van der Waals surface area contributed by atoms with Gasteiger partial charge in [0.1, 0.15) is 11.6 Å². The summed E-state index contributed by atoms with van der Waals surface area (Å²) in [5.74, 6) is 2.16. The van der Waals surface area contributed by atoms with Crippen molar-refractivity contribution in [2.75, 3.05) is 0 Å². The average molecular weight is 471 g/mol. The van der Waals surface area contributed by atoms with Crippen molar-refractivity contribution in [2.45, 2.75) is 26.7 Å². The van der Waals surface area contributed by atoms with E-state index in [1.54, 1.807) is 0 Å². The molecule has 4 aromatic carbocycles. The molecule has 0 saturated carbocycles. The molecular weight excluding hydrogens is 444 g/mol. The summed E-state index contributed by atoms with van der Waals surface area (Å²) in [5, 5.41) is 0. The van der Waals surface area contributed by atoms with Gasteiger partial charge in [-0.3, -0.25) is 4.79 Å². The summed E-state index contributed by atoms with van der Waals surface area (Å²) in [6, 6.07) is 27.8. The molecule has 0 fully saturated rings. The minimum atomic E-state index is 0.0187. The van der Waals surface area contributed by atoms with Crippen LogP contribution in [0, 0.1) is 6.92 Å². The minimum absolute atomic E-state index is 0.0187. The fraction of sp³-hybridized carbons (Fsp3) is 0.129. The third kappa shape index (κ3) is 3.99. The molecule has 0 radical (unpaired) electrons. The van der Waals surface area contributed by atoms with Crippen molar-refractivity contribution in [2.24, 2.45) is 0 Å². The van der Waals surface area contributed by atoms with E-state index in [0.29, 0.717) is 17.0 Å². The van der Waals surface area contributed by atoms with Gasteiger partial charge in [-0.25, -0.2) is 9.97 Å². The number of rotatable bonds is 5. The van der Waals surface area contributed by atoms with Crippen molar-refractivity contribution in [3.63, 3.8) is 0 Å². The monoisotopic (exact) mass is 470 g/mol. The molecule has 6 rings (SSSR count). The van der Waals surface area contributed by atoms with Crippen LogP contribution < -0.4 is 0 Å². The van der Waals surface area contributed by atoms with Gasteiger partial charge in [-0.1, -0.05) is 80.1 Å². The largest absolute Gasteiger partial charge is 0.342 e. The smallest absolute Gasteiger partial charge is 0.193 e. The van der Waals surface area contributed by atoms with Gasteiger partial charge in [0, 0.05) is 22.6 Å². The highest BCUT2D eigenvalue weighted by Crippen LogP contribution is 2.29. The van der Waals surface area contributed by atoms with Gasteiger partial charge in [0.15, 0.2) is 5.78 Å². The van der Waals surface area contributed by atoms with Crippen LogP contribution in [0.2, 0.25) is 0 Å². The summed E-state index contributed by atoms with van der Waals surface area (Å²) in [7, 11) is 0. The van der Waals surface area contributed by atoms with E-state index in [0.717, 1.165) is 56.0 Å². The SMILES string of the molecule is Cc1ccc(C(=O)c2ccc(-c3nc4ccc(-c5ccc6[nH]c(C(C)C)nc6c5)cc4[nH]3)cc2)cc1. The lowest BCUT2D eigenvalue weighted by molar-refractivity contribution is 0.103. The molecule has 0 aliphatic heterocycles. The van der Waals surface area contributed by atoms with Crippen LogP contribution in [0.4, 0.5) is 0 Å². The first-order chi connectivity index (χ1) is 17.4. The van der Waals surface area contributed by atoms with Gasteiger partial charge in [-0.15, -0.1) is 0 Å². The van der Waals surface area contributed by atoms with Crippen LogP contribution in [0.3, 0.4) is 0 Å². The number of hydrogen-bond donors (Lipinski definition) is 2. The summed E-state index contributed by atoms with van der Waals surface area (Å²) in [6.45, 7) is 6.29. The highest BCUT2D eigenvalue weighted by molar-refractivity contribution is 6.09. The molecular formula is C31H26N4O. The number of fused-ring (bicyclic) bond motifs is 2. The van der Waals surface area contributed by atoms with Crippen LogP contribution in [0.15, 0.2) is 84.9 Å². The van der Waals surface area contributed by atoms with E-state index in [9.17, 15) is 4.79 Å². The Morgan fingerprint density at radius 2 is 1.31 bits per heavy atom. The second-order valence-corrected chi connectivity index (χ2v) is 9.60. The van der Waals surface area contributed by atoms with Crippen LogP contribution in [-0.4, -0.2) is 25.7 Å². The molecule has 5 heteroatoms. The maximum Gasteiger partial charge on any atom is 0.193 e. The van der Waals surface area contributed by atoms with Gasteiger partial charge in [-0.05, 0) is 42.3 Å². The highest BCUT2D eigenvalue weighted by Gasteiger charge is 2.12. The topological polar surface area (TPSA) is 74.4 Å². The molecule has 0 atom stereocenters. The second kappa shape index (κ2) is 8.61. The van der Waals surface area contributed by atoms with E-state index in [4.69, 9.17) is 9.97 Å². The zero-order valence-electron chi connectivity index (χ0n) is 20.5. The molecule has 0 spiro atoms. The standard InChI is InChI=1S/C31H26N4O/c1-18(2)30-32-25-14-12-23(16-27(25)34-30)24-13-15-26-28(17-24)35-31(33-26)22-10-8-21(9-11-22)29(36)20-6-4-19(3)5-7-20/h4-18H,1-3H3,(H,32,34)(H,33,35).